The van der Waals surface area contributed by atoms with Crippen LogP contribution in [0.3, 0.4) is 0 Å². The Balaban J connectivity index is 0.00000529. The van der Waals surface area contributed by atoms with Crippen LogP contribution in [0.2, 0.25) is 0 Å². The van der Waals surface area contributed by atoms with Gasteiger partial charge in [0.15, 0.2) is 17.0 Å². The predicted octanol–water partition coefficient (Wildman–Crippen LogP) is -1.07. The van der Waals surface area contributed by atoms with E-state index in [1.807, 2.05) is 5.43 Å². The Morgan fingerprint density at radius 1 is 1.50 bits per heavy atom. The summed E-state index contributed by atoms with van der Waals surface area (Å²) in [5, 5.41) is 9.93. The number of hydrogen-bond acceptors (Lipinski definition) is 6. The van der Waals surface area contributed by atoms with Crippen molar-refractivity contribution in [3.05, 3.63) is 10.1 Å². The minimum Gasteiger partial charge on any atom is -0.467 e. The second-order valence-electron chi connectivity index (χ2n) is 5.10. The van der Waals surface area contributed by atoms with Crippen LogP contribution in [0.5, 0.6) is 0 Å². The monoisotopic (exact) mass is 410 g/mol. The predicted molar refractivity (Wildman–Crippen MR) is 90.9 cm³/mol. The Labute approximate surface area is 149 Å². The number of carbonyl (C=O) groups is 2. The summed E-state index contributed by atoms with van der Waals surface area (Å²) in [6, 6.07) is -1.74. The second kappa shape index (κ2) is 10.6. The number of nitrogens with one attached hydrogen (secondary N) is 1. The van der Waals surface area contributed by atoms with Gasteiger partial charge in [0, 0.05) is 13.1 Å². The van der Waals surface area contributed by atoms with Crippen molar-refractivity contribution < 1.29 is 19.4 Å². The van der Waals surface area contributed by atoms with Crippen molar-refractivity contribution >= 4 is 34.8 Å². The van der Waals surface area contributed by atoms with Crippen LogP contribution in [-0.2, 0) is 14.3 Å². The Bertz CT molecular complexity index is 485. The highest BCUT2D eigenvalue weighted by Gasteiger charge is 2.38. The van der Waals surface area contributed by atoms with Crippen molar-refractivity contribution in [1.82, 2.24) is 10.3 Å². The molecule has 0 aliphatic carbocycles. The van der Waals surface area contributed by atoms with E-state index in [0.717, 1.165) is 0 Å². The van der Waals surface area contributed by atoms with Gasteiger partial charge in [-0.15, -0.1) is 22.4 Å². The molecule has 0 radical (unpaired) electrons. The molecule has 1 heterocycles. The Morgan fingerprint density at radius 2 is 2.17 bits per heavy atom. The number of nitrogens with zero attached hydrogens (tertiary/aromatic N) is 3. The maximum atomic E-state index is 12.5. The summed E-state index contributed by atoms with van der Waals surface area (Å²) in [5.74, 6) is -1.10. The minimum atomic E-state index is -1.05. The first-order chi connectivity index (χ1) is 10.9. The maximum Gasteiger partial charge on any atom is 0.328 e. The zero-order valence-electron chi connectivity index (χ0n) is 13.3. The number of nitro groups is 1. The number of aliphatic imine (C=N–C) groups is 1. The molecule has 0 saturated carbocycles. The number of ether oxygens (including phenoxy) is 1. The fraction of sp³-hybridized carbons (Fsp3) is 0.750. The Hall–Kier alpha value is -2.11. The van der Waals surface area contributed by atoms with E-state index in [-0.39, 0.29) is 35.9 Å². The molecule has 0 bridgehead atoms. The summed E-state index contributed by atoms with van der Waals surface area (Å²) in [7, 11) is 1.24. The highest BCUT2D eigenvalue weighted by Crippen LogP contribution is 2.20. The number of hydrogen-bond donors (Lipinski definition) is 3. The van der Waals surface area contributed by atoms with Crippen LogP contribution in [0.25, 0.3) is 0 Å². The van der Waals surface area contributed by atoms with E-state index in [4.69, 9.17) is 11.5 Å². The molecule has 0 aromatic carbocycles. The quantitative estimate of drug-likeness (QED) is 0.113. The topological polar surface area (TPSA) is 166 Å². The average Bonchev–Trinajstić information content (AvgIpc) is 2.97. The van der Waals surface area contributed by atoms with Crippen molar-refractivity contribution in [3.8, 4) is 0 Å². The van der Waals surface area contributed by atoms with E-state index < -0.39 is 29.0 Å². The zero-order valence-corrected chi connectivity index (χ0v) is 15.1. The van der Waals surface area contributed by atoms with Gasteiger partial charge in [-0.1, -0.05) is 0 Å². The van der Waals surface area contributed by atoms with Gasteiger partial charge in [-0.05, 0) is 25.7 Å². The van der Waals surface area contributed by atoms with Crippen molar-refractivity contribution in [1.29, 1.82) is 0 Å². The van der Waals surface area contributed by atoms with Crippen LogP contribution in [0, 0.1) is 10.1 Å². The highest BCUT2D eigenvalue weighted by atomic mass is 79.9. The number of halogens is 1. The smallest absolute Gasteiger partial charge is 0.328 e. The molecule has 5 N–H and O–H groups in total. The lowest BCUT2D eigenvalue weighted by Gasteiger charge is -2.25. The van der Waals surface area contributed by atoms with E-state index >= 15 is 0 Å². The van der Waals surface area contributed by atoms with Crippen LogP contribution in [0.15, 0.2) is 4.99 Å². The standard InChI is InChI=1S/C12H22N6O5.BrH/c1-23-11(20)9-5-3-7-17(9)10(19)8(16-18(21)22)4-2-6-15-12(13)14;/h8-9,16H,2-7H2,1H3,(H4,13,14,15);1H/t8-,9-;/m0./s1. The van der Waals surface area contributed by atoms with E-state index in [9.17, 15) is 19.7 Å². The second-order valence-corrected chi connectivity index (χ2v) is 5.10. The first-order valence-electron chi connectivity index (χ1n) is 7.21. The number of nitrogens with two attached hydrogens (primary N) is 2. The Morgan fingerprint density at radius 3 is 2.71 bits per heavy atom. The van der Waals surface area contributed by atoms with Crippen LogP contribution < -0.4 is 16.9 Å². The van der Waals surface area contributed by atoms with Gasteiger partial charge < -0.3 is 21.1 Å². The molecule has 12 heteroatoms. The number of rotatable bonds is 8. The number of methoxy groups -OCH3 is 1. The first kappa shape index (κ1) is 21.9. The van der Waals surface area contributed by atoms with Crippen molar-refractivity contribution in [2.24, 2.45) is 16.5 Å². The van der Waals surface area contributed by atoms with Gasteiger partial charge in [-0.3, -0.25) is 9.79 Å². The number of guanidine groups is 1. The molecular weight excluding hydrogens is 388 g/mol. The summed E-state index contributed by atoms with van der Waals surface area (Å²) in [4.78, 5) is 40.0. The van der Waals surface area contributed by atoms with Crippen LogP contribution in [0.1, 0.15) is 25.7 Å². The molecule has 0 aromatic heterocycles. The van der Waals surface area contributed by atoms with Crippen molar-refractivity contribution in [2.45, 2.75) is 37.8 Å². The van der Waals surface area contributed by atoms with Gasteiger partial charge in [0.05, 0.1) is 7.11 Å². The number of esters is 1. The van der Waals surface area contributed by atoms with Gasteiger partial charge in [0.25, 0.3) is 5.91 Å². The number of likely N-dealkylation sites (tertiary alicyclic amines) is 1. The molecular formula is C12H23BrN6O5. The molecule has 1 aliphatic rings. The van der Waals surface area contributed by atoms with E-state index in [2.05, 4.69) is 9.73 Å². The fourth-order valence-electron chi connectivity index (χ4n) is 2.49. The molecule has 24 heavy (non-hydrogen) atoms. The van der Waals surface area contributed by atoms with Crippen LogP contribution >= 0.6 is 17.0 Å². The van der Waals surface area contributed by atoms with Crippen molar-refractivity contribution in [2.75, 3.05) is 20.2 Å². The summed E-state index contributed by atoms with van der Waals surface area (Å²) >= 11 is 0. The van der Waals surface area contributed by atoms with E-state index in [1.165, 1.54) is 12.0 Å². The normalized spacial score (nSPS) is 17.4. The summed E-state index contributed by atoms with van der Waals surface area (Å²) < 4.78 is 4.67. The molecule has 0 unspecified atom stereocenters. The van der Waals surface area contributed by atoms with Gasteiger partial charge in [0.2, 0.25) is 0 Å². The lowest BCUT2D eigenvalue weighted by Crippen LogP contribution is -2.51. The zero-order chi connectivity index (χ0) is 17.4. The van der Waals surface area contributed by atoms with Crippen molar-refractivity contribution in [3.63, 3.8) is 0 Å². The molecule has 0 spiro atoms. The van der Waals surface area contributed by atoms with Crippen LogP contribution in [0.4, 0.5) is 0 Å². The lowest BCUT2D eigenvalue weighted by atomic mass is 10.1. The minimum absolute atomic E-state index is 0. The molecule has 1 saturated heterocycles. The number of carbonyl (C=O) groups excluding carboxylic acids is 2. The molecule has 1 amide bonds. The highest BCUT2D eigenvalue weighted by molar-refractivity contribution is 8.93. The molecule has 138 valence electrons. The number of amides is 1. The number of hydrazine groups is 1. The Kier molecular flexibility index (Phi) is 9.69. The third-order valence-electron chi connectivity index (χ3n) is 3.51. The summed E-state index contributed by atoms with van der Waals surface area (Å²) in [5.41, 5.74) is 12.4. The third-order valence-corrected chi connectivity index (χ3v) is 3.51. The summed E-state index contributed by atoms with van der Waals surface area (Å²) in [6.07, 6.45) is 1.68. The molecule has 1 rings (SSSR count). The van der Waals surface area contributed by atoms with E-state index in [0.29, 0.717) is 25.8 Å². The average molecular weight is 411 g/mol. The van der Waals surface area contributed by atoms with Gasteiger partial charge in [-0.2, -0.15) is 0 Å². The lowest BCUT2D eigenvalue weighted by molar-refractivity contribution is -0.548. The van der Waals surface area contributed by atoms with Crippen LogP contribution in [-0.4, -0.2) is 60.1 Å². The SMILES string of the molecule is Br.COC(=O)[C@@H]1CCCN1C(=O)[C@H](CCCN=C(N)N)N[N+](=O)[O-]. The molecule has 1 fully saturated rings. The third kappa shape index (κ3) is 6.56. The summed E-state index contributed by atoms with van der Waals surface area (Å²) in [6.45, 7) is 0.619. The maximum absolute atomic E-state index is 12.5. The molecule has 1 aliphatic heterocycles. The van der Waals surface area contributed by atoms with E-state index in [1.54, 1.807) is 0 Å². The fourth-order valence-corrected chi connectivity index (χ4v) is 2.49. The van der Waals surface area contributed by atoms with Gasteiger partial charge in [-0.25, -0.2) is 14.9 Å². The molecule has 2 atom stereocenters. The molecule has 11 nitrogen and oxygen atoms in total. The van der Waals surface area contributed by atoms with Gasteiger partial charge in [0.1, 0.15) is 6.04 Å². The largest absolute Gasteiger partial charge is 0.467 e. The van der Waals surface area contributed by atoms with Gasteiger partial charge >= 0.3 is 5.97 Å². The first-order valence-corrected chi connectivity index (χ1v) is 7.21. The molecule has 0 aromatic rings.